The molecule has 0 heterocycles. The normalized spacial score (nSPS) is 11.8. The average Bonchev–Trinajstić information content (AvgIpc) is 2.24. The summed E-state index contributed by atoms with van der Waals surface area (Å²) >= 11 is 0. The first-order valence-electron chi connectivity index (χ1n) is 5.73. The van der Waals surface area contributed by atoms with Gasteiger partial charge in [-0.25, -0.2) is 0 Å². The number of anilines is 1. The second-order valence-corrected chi connectivity index (χ2v) is 5.02. The van der Waals surface area contributed by atoms with Crippen LogP contribution in [0, 0.1) is 11.3 Å². The first kappa shape index (κ1) is 15.8. The Morgan fingerprint density at radius 3 is 2.45 bits per heavy atom. The molecule has 0 saturated heterocycles. The van der Waals surface area contributed by atoms with E-state index >= 15 is 0 Å². The highest BCUT2D eigenvalue weighted by atomic mass is 19.4. The molecule has 4 nitrogen and oxygen atoms in total. The minimum Gasteiger partial charge on any atom is -0.380 e. The minimum atomic E-state index is -4.58. The van der Waals surface area contributed by atoms with E-state index < -0.39 is 28.7 Å². The molecule has 1 aromatic carbocycles. The maximum atomic E-state index is 12.6. The van der Waals surface area contributed by atoms with Crippen LogP contribution in [0.5, 0.6) is 0 Å². The Bertz CT molecular complexity index is 559. The van der Waals surface area contributed by atoms with Crippen molar-refractivity contribution in [2.24, 2.45) is 5.73 Å². The molecule has 20 heavy (non-hydrogen) atoms. The number of primary amides is 1. The van der Waals surface area contributed by atoms with E-state index in [9.17, 15) is 18.0 Å². The lowest BCUT2D eigenvalue weighted by Crippen LogP contribution is -2.36. The third kappa shape index (κ3) is 4.16. The molecule has 0 aliphatic heterocycles. The minimum absolute atomic E-state index is 0.00983. The van der Waals surface area contributed by atoms with E-state index in [0.29, 0.717) is 5.69 Å². The molecule has 0 aromatic heterocycles. The fraction of sp³-hybridized carbons (Fsp3) is 0.385. The molecule has 1 aromatic rings. The van der Waals surface area contributed by atoms with Crippen molar-refractivity contribution >= 4 is 11.6 Å². The number of alkyl halides is 3. The van der Waals surface area contributed by atoms with E-state index in [-0.39, 0.29) is 6.42 Å². The molecule has 3 N–H and O–H groups in total. The number of nitrogens with two attached hydrogens (primary N) is 1. The number of amides is 1. The van der Waals surface area contributed by atoms with Crippen LogP contribution in [0.25, 0.3) is 0 Å². The Kier molecular flexibility index (Phi) is 4.28. The van der Waals surface area contributed by atoms with Crippen LogP contribution in [0.3, 0.4) is 0 Å². The van der Waals surface area contributed by atoms with Gasteiger partial charge in [0.2, 0.25) is 5.91 Å². The summed E-state index contributed by atoms with van der Waals surface area (Å²) in [4.78, 5) is 10.9. The average molecular weight is 285 g/mol. The third-order valence-corrected chi connectivity index (χ3v) is 2.54. The van der Waals surface area contributed by atoms with Crippen LogP contribution in [0.1, 0.15) is 31.4 Å². The lowest BCUT2D eigenvalue weighted by Gasteiger charge is -2.26. The van der Waals surface area contributed by atoms with Crippen molar-refractivity contribution in [3.63, 3.8) is 0 Å². The molecule has 0 radical (unpaired) electrons. The van der Waals surface area contributed by atoms with Crippen LogP contribution in [0.15, 0.2) is 18.2 Å². The van der Waals surface area contributed by atoms with Gasteiger partial charge in [0.15, 0.2) is 0 Å². The van der Waals surface area contributed by atoms with Crippen LogP contribution in [-0.4, -0.2) is 11.4 Å². The molecular formula is C13H14F3N3O. The summed E-state index contributed by atoms with van der Waals surface area (Å²) in [7, 11) is 0. The molecule has 0 atom stereocenters. The number of carbonyl (C=O) groups excluding carboxylic acids is 1. The summed E-state index contributed by atoms with van der Waals surface area (Å²) in [6, 6.07) is 4.67. The molecule has 0 bridgehead atoms. The van der Waals surface area contributed by atoms with Crippen molar-refractivity contribution in [1.82, 2.24) is 0 Å². The number of nitrogens with zero attached hydrogens (tertiary/aromatic N) is 1. The first-order valence-corrected chi connectivity index (χ1v) is 5.73. The monoisotopic (exact) mass is 285 g/mol. The molecule has 108 valence electrons. The van der Waals surface area contributed by atoms with Crippen molar-refractivity contribution < 1.29 is 18.0 Å². The zero-order valence-electron chi connectivity index (χ0n) is 11.0. The highest BCUT2D eigenvalue weighted by molar-refractivity contribution is 5.75. The molecule has 7 heteroatoms. The van der Waals surface area contributed by atoms with Crippen molar-refractivity contribution in [2.75, 3.05) is 5.32 Å². The Labute approximate surface area is 114 Å². The van der Waals surface area contributed by atoms with Gasteiger partial charge in [-0.15, -0.1) is 0 Å². The highest BCUT2D eigenvalue weighted by Gasteiger charge is 2.33. The summed E-state index contributed by atoms with van der Waals surface area (Å²) in [6.45, 7) is 3.36. The third-order valence-electron chi connectivity index (χ3n) is 2.54. The molecule has 1 rings (SSSR count). The van der Waals surface area contributed by atoms with E-state index in [1.54, 1.807) is 13.8 Å². The van der Waals surface area contributed by atoms with Crippen LogP contribution < -0.4 is 11.1 Å². The van der Waals surface area contributed by atoms with E-state index in [1.165, 1.54) is 12.1 Å². The molecule has 0 spiro atoms. The van der Waals surface area contributed by atoms with Gasteiger partial charge in [-0.2, -0.15) is 18.4 Å². The predicted octanol–water partition coefficient (Wildman–Crippen LogP) is 2.64. The van der Waals surface area contributed by atoms with E-state index in [2.05, 4.69) is 5.32 Å². The second-order valence-electron chi connectivity index (χ2n) is 5.02. The zero-order valence-corrected chi connectivity index (χ0v) is 11.0. The number of benzene rings is 1. The van der Waals surface area contributed by atoms with Gasteiger partial charge in [0.05, 0.1) is 17.2 Å². The zero-order chi connectivity index (χ0) is 15.6. The van der Waals surface area contributed by atoms with Crippen molar-refractivity contribution in [3.8, 4) is 6.07 Å². The van der Waals surface area contributed by atoms with Crippen LogP contribution >= 0.6 is 0 Å². The van der Waals surface area contributed by atoms with Crippen molar-refractivity contribution in [3.05, 3.63) is 29.3 Å². The molecule has 1 amide bonds. The maximum Gasteiger partial charge on any atom is 0.417 e. The fourth-order valence-corrected chi connectivity index (χ4v) is 1.83. The van der Waals surface area contributed by atoms with Crippen molar-refractivity contribution in [1.29, 1.82) is 5.26 Å². The van der Waals surface area contributed by atoms with Gasteiger partial charge >= 0.3 is 6.18 Å². The lowest BCUT2D eigenvalue weighted by molar-refractivity contribution is -0.137. The SMILES string of the molecule is CC(C)(CC(N)=O)Nc1ccc(C(F)(F)F)c(C#N)c1. The fourth-order valence-electron chi connectivity index (χ4n) is 1.83. The number of hydrogen-bond acceptors (Lipinski definition) is 3. The molecule has 0 unspecified atom stereocenters. The molecule has 0 fully saturated rings. The quantitative estimate of drug-likeness (QED) is 0.892. The smallest absolute Gasteiger partial charge is 0.380 e. The summed E-state index contributed by atoms with van der Waals surface area (Å²) in [6.07, 6.45) is -4.57. The number of nitrogens with one attached hydrogen (secondary N) is 1. The van der Waals surface area contributed by atoms with Gasteiger partial charge in [-0.05, 0) is 32.0 Å². The Balaban J connectivity index is 3.06. The van der Waals surface area contributed by atoms with Gasteiger partial charge in [-0.1, -0.05) is 0 Å². The largest absolute Gasteiger partial charge is 0.417 e. The molecule has 0 aliphatic carbocycles. The summed E-state index contributed by atoms with van der Waals surface area (Å²) in [5, 5.41) is 11.7. The Hall–Kier alpha value is -2.23. The van der Waals surface area contributed by atoms with Gasteiger partial charge in [0, 0.05) is 17.6 Å². The molecule has 0 aliphatic rings. The number of hydrogen-bond donors (Lipinski definition) is 2. The van der Waals surface area contributed by atoms with Gasteiger partial charge < -0.3 is 11.1 Å². The number of halogens is 3. The van der Waals surface area contributed by atoms with Crippen LogP contribution in [0.2, 0.25) is 0 Å². The van der Waals surface area contributed by atoms with Crippen LogP contribution in [0.4, 0.5) is 18.9 Å². The predicted molar refractivity (Wildman–Crippen MR) is 67.7 cm³/mol. The summed E-state index contributed by atoms with van der Waals surface area (Å²) < 4.78 is 37.9. The van der Waals surface area contributed by atoms with Crippen LogP contribution in [-0.2, 0) is 11.0 Å². The highest BCUT2D eigenvalue weighted by Crippen LogP contribution is 2.33. The van der Waals surface area contributed by atoms with E-state index in [1.807, 2.05) is 0 Å². The van der Waals surface area contributed by atoms with E-state index in [0.717, 1.165) is 12.1 Å². The van der Waals surface area contributed by atoms with Gasteiger partial charge in [0.25, 0.3) is 0 Å². The molecular weight excluding hydrogens is 271 g/mol. The topological polar surface area (TPSA) is 78.9 Å². The standard InChI is InChI=1S/C13H14F3N3O/c1-12(2,6-11(18)20)19-9-3-4-10(13(14,15)16)8(5-9)7-17/h3-5,19H,6H2,1-2H3,(H2,18,20). The maximum absolute atomic E-state index is 12.6. The van der Waals surface area contributed by atoms with Gasteiger partial charge in [-0.3, -0.25) is 4.79 Å². The summed E-state index contributed by atoms with van der Waals surface area (Å²) in [5.41, 5.74) is 3.22. The van der Waals surface area contributed by atoms with E-state index in [4.69, 9.17) is 11.0 Å². The number of rotatable bonds is 4. The Morgan fingerprint density at radius 2 is 2.00 bits per heavy atom. The second kappa shape index (κ2) is 5.41. The molecule has 0 saturated carbocycles. The summed E-state index contributed by atoms with van der Waals surface area (Å²) in [5.74, 6) is -0.532. The number of carbonyl (C=O) groups is 1. The Morgan fingerprint density at radius 1 is 1.40 bits per heavy atom. The van der Waals surface area contributed by atoms with Crippen molar-refractivity contribution in [2.45, 2.75) is 32.0 Å². The first-order chi connectivity index (χ1) is 9.05. The lowest BCUT2D eigenvalue weighted by atomic mass is 9.99. The van der Waals surface area contributed by atoms with Gasteiger partial charge in [0.1, 0.15) is 0 Å². The number of nitriles is 1.